The summed E-state index contributed by atoms with van der Waals surface area (Å²) < 4.78 is 5.67. The monoisotopic (exact) mass is 236 g/mol. The first-order chi connectivity index (χ1) is 8.26. The number of nitrogens with two attached hydrogens (primary N) is 1. The van der Waals surface area contributed by atoms with Crippen molar-refractivity contribution in [3.8, 4) is 0 Å². The fourth-order valence-electron chi connectivity index (χ4n) is 2.19. The van der Waals surface area contributed by atoms with Gasteiger partial charge in [0.25, 0.3) is 0 Å². The lowest BCUT2D eigenvalue weighted by molar-refractivity contribution is 0.0381. The van der Waals surface area contributed by atoms with Crippen LogP contribution in [0.5, 0.6) is 0 Å². The van der Waals surface area contributed by atoms with Crippen molar-refractivity contribution in [2.24, 2.45) is 0 Å². The van der Waals surface area contributed by atoms with E-state index in [2.05, 4.69) is 28.7 Å². The third-order valence-corrected chi connectivity index (χ3v) is 3.20. The predicted octanol–water partition coefficient (Wildman–Crippen LogP) is 1.24. The molecule has 0 aromatic carbocycles. The SMILES string of the molecule is CCc1c(N)ncnc1N1CCOC(CC)C1. The summed E-state index contributed by atoms with van der Waals surface area (Å²) in [4.78, 5) is 10.7. The lowest BCUT2D eigenvalue weighted by atomic mass is 10.1. The number of nitrogens with zero attached hydrogens (tertiary/aromatic N) is 3. The molecule has 1 atom stereocenters. The van der Waals surface area contributed by atoms with E-state index in [4.69, 9.17) is 10.5 Å². The van der Waals surface area contributed by atoms with Crippen molar-refractivity contribution in [3.05, 3.63) is 11.9 Å². The van der Waals surface area contributed by atoms with Gasteiger partial charge in [0.2, 0.25) is 0 Å². The average molecular weight is 236 g/mol. The van der Waals surface area contributed by atoms with E-state index in [1.165, 1.54) is 0 Å². The Balaban J connectivity index is 2.24. The molecule has 5 heteroatoms. The topological polar surface area (TPSA) is 64.3 Å². The first-order valence-electron chi connectivity index (χ1n) is 6.22. The van der Waals surface area contributed by atoms with Crippen LogP contribution in [-0.4, -0.2) is 35.8 Å². The zero-order valence-corrected chi connectivity index (χ0v) is 10.5. The lowest BCUT2D eigenvalue weighted by Gasteiger charge is -2.34. The van der Waals surface area contributed by atoms with Crippen molar-refractivity contribution in [1.29, 1.82) is 0 Å². The molecule has 2 N–H and O–H groups in total. The first-order valence-corrected chi connectivity index (χ1v) is 6.22. The summed E-state index contributed by atoms with van der Waals surface area (Å²) in [5, 5.41) is 0. The van der Waals surface area contributed by atoms with Crippen molar-refractivity contribution >= 4 is 11.6 Å². The van der Waals surface area contributed by atoms with E-state index in [1.807, 2.05) is 0 Å². The molecule has 0 aliphatic carbocycles. The Labute approximate surface area is 102 Å². The number of rotatable bonds is 3. The van der Waals surface area contributed by atoms with E-state index in [9.17, 15) is 0 Å². The molecule has 0 bridgehead atoms. The molecule has 0 saturated carbocycles. The number of anilines is 2. The Hall–Kier alpha value is -1.36. The summed E-state index contributed by atoms with van der Waals surface area (Å²) in [6.07, 6.45) is 3.72. The smallest absolute Gasteiger partial charge is 0.137 e. The third-order valence-electron chi connectivity index (χ3n) is 3.20. The van der Waals surface area contributed by atoms with Gasteiger partial charge in [-0.2, -0.15) is 0 Å². The van der Waals surface area contributed by atoms with E-state index in [-0.39, 0.29) is 0 Å². The quantitative estimate of drug-likeness (QED) is 0.855. The number of ether oxygens (including phenoxy) is 1. The van der Waals surface area contributed by atoms with Gasteiger partial charge in [0.1, 0.15) is 18.0 Å². The van der Waals surface area contributed by atoms with Crippen LogP contribution in [0.4, 0.5) is 11.6 Å². The molecule has 1 aromatic heterocycles. The van der Waals surface area contributed by atoms with Crippen molar-refractivity contribution in [3.63, 3.8) is 0 Å². The van der Waals surface area contributed by atoms with Gasteiger partial charge < -0.3 is 15.4 Å². The molecular formula is C12H20N4O. The summed E-state index contributed by atoms with van der Waals surface area (Å²) in [6.45, 7) is 6.74. The van der Waals surface area contributed by atoms with E-state index in [0.29, 0.717) is 11.9 Å². The van der Waals surface area contributed by atoms with Crippen LogP contribution in [0.15, 0.2) is 6.33 Å². The normalized spacial score (nSPS) is 20.6. The second-order valence-electron chi connectivity index (χ2n) is 4.26. The van der Waals surface area contributed by atoms with Gasteiger partial charge in [0.05, 0.1) is 12.7 Å². The zero-order valence-electron chi connectivity index (χ0n) is 10.5. The molecule has 1 aromatic rings. The van der Waals surface area contributed by atoms with Gasteiger partial charge in [-0.1, -0.05) is 13.8 Å². The number of hydrogen-bond acceptors (Lipinski definition) is 5. The summed E-state index contributed by atoms with van der Waals surface area (Å²) in [6, 6.07) is 0. The van der Waals surface area contributed by atoms with Gasteiger partial charge in [-0.25, -0.2) is 9.97 Å². The summed E-state index contributed by atoms with van der Waals surface area (Å²) >= 11 is 0. The molecule has 5 nitrogen and oxygen atoms in total. The maximum Gasteiger partial charge on any atom is 0.137 e. The van der Waals surface area contributed by atoms with Gasteiger partial charge >= 0.3 is 0 Å². The summed E-state index contributed by atoms with van der Waals surface area (Å²) in [7, 11) is 0. The zero-order chi connectivity index (χ0) is 12.3. The van der Waals surface area contributed by atoms with Crippen LogP contribution in [0.2, 0.25) is 0 Å². The van der Waals surface area contributed by atoms with Crippen LogP contribution >= 0.6 is 0 Å². The van der Waals surface area contributed by atoms with E-state index in [1.54, 1.807) is 6.33 Å². The molecule has 2 rings (SSSR count). The van der Waals surface area contributed by atoms with Gasteiger partial charge in [-0.3, -0.25) is 0 Å². The van der Waals surface area contributed by atoms with Crippen LogP contribution in [0, 0.1) is 0 Å². The number of hydrogen-bond donors (Lipinski definition) is 1. The van der Waals surface area contributed by atoms with Gasteiger partial charge in [-0.05, 0) is 12.8 Å². The van der Waals surface area contributed by atoms with Crippen LogP contribution < -0.4 is 10.6 Å². The van der Waals surface area contributed by atoms with Crippen molar-refractivity contribution in [2.45, 2.75) is 32.8 Å². The standard InChI is InChI=1S/C12H20N4O/c1-3-9-7-16(5-6-17-9)12-10(4-2)11(13)14-8-15-12/h8-9H,3-7H2,1-2H3,(H2,13,14,15). The molecule has 0 spiro atoms. The van der Waals surface area contributed by atoms with Crippen molar-refractivity contribution in [2.75, 3.05) is 30.3 Å². The Morgan fingerprint density at radius 1 is 1.47 bits per heavy atom. The van der Waals surface area contributed by atoms with Crippen LogP contribution in [0.25, 0.3) is 0 Å². The Morgan fingerprint density at radius 3 is 3.00 bits per heavy atom. The molecule has 1 saturated heterocycles. The number of nitrogen functional groups attached to an aromatic ring is 1. The molecule has 94 valence electrons. The van der Waals surface area contributed by atoms with E-state index < -0.39 is 0 Å². The minimum Gasteiger partial charge on any atom is -0.383 e. The molecule has 1 aliphatic heterocycles. The van der Waals surface area contributed by atoms with Crippen LogP contribution in [-0.2, 0) is 11.2 Å². The largest absolute Gasteiger partial charge is 0.383 e. The second-order valence-corrected chi connectivity index (χ2v) is 4.26. The van der Waals surface area contributed by atoms with E-state index >= 15 is 0 Å². The Kier molecular flexibility index (Phi) is 3.78. The number of morpholine rings is 1. The molecule has 0 radical (unpaired) electrons. The van der Waals surface area contributed by atoms with Gasteiger partial charge in [0.15, 0.2) is 0 Å². The molecule has 17 heavy (non-hydrogen) atoms. The first kappa shape index (κ1) is 12.1. The molecule has 1 aliphatic rings. The highest BCUT2D eigenvalue weighted by Gasteiger charge is 2.22. The fourth-order valence-corrected chi connectivity index (χ4v) is 2.19. The number of aromatic nitrogens is 2. The average Bonchev–Trinajstić information content (AvgIpc) is 2.38. The second kappa shape index (κ2) is 5.31. The van der Waals surface area contributed by atoms with Gasteiger partial charge in [-0.15, -0.1) is 0 Å². The van der Waals surface area contributed by atoms with Gasteiger partial charge in [0, 0.05) is 18.7 Å². The van der Waals surface area contributed by atoms with Crippen molar-refractivity contribution < 1.29 is 4.74 Å². The highest BCUT2D eigenvalue weighted by Crippen LogP contribution is 2.24. The Bertz CT molecular complexity index is 383. The summed E-state index contributed by atoms with van der Waals surface area (Å²) in [5.41, 5.74) is 6.94. The highest BCUT2D eigenvalue weighted by atomic mass is 16.5. The third kappa shape index (κ3) is 2.49. The van der Waals surface area contributed by atoms with Crippen molar-refractivity contribution in [1.82, 2.24) is 9.97 Å². The van der Waals surface area contributed by atoms with Crippen LogP contribution in [0.1, 0.15) is 25.8 Å². The minimum absolute atomic E-state index is 0.296. The maximum atomic E-state index is 5.90. The fraction of sp³-hybridized carbons (Fsp3) is 0.667. The maximum absolute atomic E-state index is 5.90. The minimum atomic E-state index is 0.296. The molecule has 1 fully saturated rings. The summed E-state index contributed by atoms with van der Waals surface area (Å²) in [5.74, 6) is 1.57. The van der Waals surface area contributed by atoms with E-state index in [0.717, 1.165) is 43.9 Å². The Morgan fingerprint density at radius 2 is 2.29 bits per heavy atom. The molecule has 0 amide bonds. The molecule has 2 heterocycles. The molecule has 1 unspecified atom stereocenters. The lowest BCUT2D eigenvalue weighted by Crippen LogP contribution is -2.43. The predicted molar refractivity (Wildman–Crippen MR) is 68.1 cm³/mol. The molecular weight excluding hydrogens is 216 g/mol. The highest BCUT2D eigenvalue weighted by molar-refractivity contribution is 5.56. The van der Waals surface area contributed by atoms with Crippen LogP contribution in [0.3, 0.4) is 0 Å².